The average molecular weight is 690 g/mol. The average Bonchev–Trinajstić information content (AvgIpc) is 3.78. The summed E-state index contributed by atoms with van der Waals surface area (Å²) < 4.78 is 8.94. The first-order valence-electron chi connectivity index (χ1n) is 18.2. The minimum absolute atomic E-state index is 0.655. The molecule has 0 aliphatic heterocycles. The second-order valence-electron chi connectivity index (χ2n) is 13.8. The summed E-state index contributed by atoms with van der Waals surface area (Å²) >= 11 is 0. The van der Waals surface area contributed by atoms with E-state index in [4.69, 9.17) is 14.4 Å². The number of aromatic nitrogens is 3. The third-order valence-electron chi connectivity index (χ3n) is 10.6. The Balaban J connectivity index is 1.11. The summed E-state index contributed by atoms with van der Waals surface area (Å²) in [5.41, 5.74) is 12.0. The predicted octanol–water partition coefficient (Wildman–Crippen LogP) is 13.3. The molecule has 4 nitrogen and oxygen atoms in total. The van der Waals surface area contributed by atoms with E-state index in [1.165, 1.54) is 32.6 Å². The highest BCUT2D eigenvalue weighted by Crippen LogP contribution is 2.41. The van der Waals surface area contributed by atoms with Crippen LogP contribution in [0.25, 0.3) is 105 Å². The van der Waals surface area contributed by atoms with E-state index in [1.807, 2.05) is 48.5 Å². The van der Waals surface area contributed by atoms with Crippen molar-refractivity contribution in [3.8, 4) is 50.7 Å². The van der Waals surface area contributed by atoms with Crippen LogP contribution in [0.5, 0.6) is 0 Å². The number of furan rings is 1. The van der Waals surface area contributed by atoms with Crippen LogP contribution in [0.3, 0.4) is 0 Å². The largest absolute Gasteiger partial charge is 0.456 e. The summed E-state index contributed by atoms with van der Waals surface area (Å²) in [6, 6.07) is 66.1. The summed E-state index contributed by atoms with van der Waals surface area (Å²) in [5.74, 6) is 0.655. The lowest BCUT2D eigenvalue weighted by Gasteiger charge is -2.13. The first-order chi connectivity index (χ1) is 26.7. The van der Waals surface area contributed by atoms with Gasteiger partial charge >= 0.3 is 0 Å². The maximum absolute atomic E-state index is 6.56. The zero-order chi connectivity index (χ0) is 35.6. The Bertz CT molecular complexity index is 3140. The van der Waals surface area contributed by atoms with Crippen molar-refractivity contribution >= 4 is 54.5 Å². The molecule has 0 N–H and O–H groups in total. The van der Waals surface area contributed by atoms with E-state index >= 15 is 0 Å². The van der Waals surface area contributed by atoms with Crippen LogP contribution in [0.2, 0.25) is 0 Å². The normalized spacial score (nSPS) is 11.7. The van der Waals surface area contributed by atoms with Crippen molar-refractivity contribution in [3.05, 3.63) is 188 Å². The molecular formula is C50H31N3O. The third kappa shape index (κ3) is 4.92. The quantitative estimate of drug-likeness (QED) is 0.181. The number of hydrogen-bond donors (Lipinski definition) is 0. The highest BCUT2D eigenvalue weighted by atomic mass is 16.3. The van der Waals surface area contributed by atoms with Gasteiger partial charge in [0.25, 0.3) is 0 Å². The Kier molecular flexibility index (Phi) is 6.82. The van der Waals surface area contributed by atoms with Crippen LogP contribution in [0.4, 0.5) is 0 Å². The number of hydrogen-bond acceptors (Lipinski definition) is 3. The topological polar surface area (TPSA) is 43.9 Å². The molecule has 0 unspecified atom stereocenters. The minimum atomic E-state index is 0.655. The lowest BCUT2D eigenvalue weighted by atomic mass is 9.97. The standard InChI is InChI=1S/C50H31N3O/c1-3-13-33(14-4-1)43-31-44(34-15-5-2-6-16-34)52-50(51-43)42-28-37(30-48-49(42)40-20-10-12-22-47(40)54-48)32-23-25-38(26-24-32)53-45-21-11-9-19-39(45)41-27-35-17-7-8-18-36(35)29-46(41)53/h1-31H. The Morgan fingerprint density at radius 3 is 1.72 bits per heavy atom. The summed E-state index contributed by atoms with van der Waals surface area (Å²) in [6.45, 7) is 0. The fraction of sp³-hybridized carbons (Fsp3) is 0. The highest BCUT2D eigenvalue weighted by Gasteiger charge is 2.20. The first-order valence-corrected chi connectivity index (χ1v) is 18.2. The summed E-state index contributed by atoms with van der Waals surface area (Å²) in [6.07, 6.45) is 0. The fourth-order valence-electron chi connectivity index (χ4n) is 8.02. The van der Waals surface area contributed by atoms with Gasteiger partial charge in [-0.05, 0) is 76.5 Å². The molecule has 3 heterocycles. The van der Waals surface area contributed by atoms with E-state index in [0.717, 1.165) is 66.8 Å². The SMILES string of the molecule is c1ccc(-c2cc(-c3ccccc3)nc(-c3cc(-c4ccc(-n5c6ccccc6c6cc7ccccc7cc65)cc4)cc4oc5ccccc5c34)n2)cc1. The molecule has 8 aromatic carbocycles. The smallest absolute Gasteiger partial charge is 0.161 e. The van der Waals surface area contributed by atoms with Crippen LogP contribution < -0.4 is 0 Å². The van der Waals surface area contributed by atoms with Gasteiger partial charge in [0.15, 0.2) is 5.82 Å². The van der Waals surface area contributed by atoms with Crippen molar-refractivity contribution in [1.82, 2.24) is 14.5 Å². The second kappa shape index (κ2) is 12.1. The molecule has 11 rings (SSSR count). The molecule has 4 heteroatoms. The third-order valence-corrected chi connectivity index (χ3v) is 10.6. The molecule has 0 aliphatic rings. The van der Waals surface area contributed by atoms with E-state index < -0.39 is 0 Å². The molecule has 0 atom stereocenters. The van der Waals surface area contributed by atoms with Crippen LogP contribution in [0.15, 0.2) is 192 Å². The van der Waals surface area contributed by atoms with Crippen molar-refractivity contribution in [2.75, 3.05) is 0 Å². The van der Waals surface area contributed by atoms with Gasteiger partial charge in [-0.3, -0.25) is 0 Å². The molecule has 252 valence electrons. The maximum atomic E-state index is 6.56. The van der Waals surface area contributed by atoms with E-state index in [9.17, 15) is 0 Å². The Labute approximate surface area is 311 Å². The van der Waals surface area contributed by atoms with Gasteiger partial charge < -0.3 is 8.98 Å². The van der Waals surface area contributed by atoms with Gasteiger partial charge in [0.2, 0.25) is 0 Å². The van der Waals surface area contributed by atoms with Crippen molar-refractivity contribution in [1.29, 1.82) is 0 Å². The van der Waals surface area contributed by atoms with Crippen LogP contribution in [0.1, 0.15) is 0 Å². The van der Waals surface area contributed by atoms with Crippen LogP contribution in [-0.4, -0.2) is 14.5 Å². The Morgan fingerprint density at radius 1 is 0.389 bits per heavy atom. The van der Waals surface area contributed by atoms with Gasteiger partial charge in [0, 0.05) is 43.9 Å². The summed E-state index contributed by atoms with van der Waals surface area (Å²) in [4.78, 5) is 10.5. The monoisotopic (exact) mass is 689 g/mol. The number of benzene rings is 8. The number of rotatable bonds is 5. The van der Waals surface area contributed by atoms with Crippen molar-refractivity contribution in [2.24, 2.45) is 0 Å². The van der Waals surface area contributed by atoms with Gasteiger partial charge in [0.1, 0.15) is 11.2 Å². The molecule has 0 radical (unpaired) electrons. The molecule has 0 fully saturated rings. The van der Waals surface area contributed by atoms with Crippen molar-refractivity contribution in [3.63, 3.8) is 0 Å². The summed E-state index contributed by atoms with van der Waals surface area (Å²) in [7, 11) is 0. The lowest BCUT2D eigenvalue weighted by Crippen LogP contribution is -1.97. The van der Waals surface area contributed by atoms with E-state index in [-0.39, 0.29) is 0 Å². The molecule has 0 spiro atoms. The zero-order valence-corrected chi connectivity index (χ0v) is 29.1. The first kappa shape index (κ1) is 30.3. The Hall–Kier alpha value is -7.30. The van der Waals surface area contributed by atoms with Crippen molar-refractivity contribution < 1.29 is 4.42 Å². The van der Waals surface area contributed by atoms with E-state index in [0.29, 0.717) is 5.82 Å². The fourth-order valence-corrected chi connectivity index (χ4v) is 8.02. The van der Waals surface area contributed by atoms with Gasteiger partial charge in [-0.15, -0.1) is 0 Å². The summed E-state index contributed by atoms with van der Waals surface area (Å²) in [5, 5.41) is 7.02. The van der Waals surface area contributed by atoms with Gasteiger partial charge in [-0.1, -0.05) is 133 Å². The van der Waals surface area contributed by atoms with Gasteiger partial charge in [-0.2, -0.15) is 0 Å². The molecule has 0 bridgehead atoms. The molecular weight excluding hydrogens is 659 g/mol. The van der Waals surface area contributed by atoms with Crippen LogP contribution >= 0.6 is 0 Å². The molecule has 0 saturated heterocycles. The van der Waals surface area contributed by atoms with Crippen LogP contribution in [-0.2, 0) is 0 Å². The zero-order valence-electron chi connectivity index (χ0n) is 29.1. The maximum Gasteiger partial charge on any atom is 0.161 e. The number of para-hydroxylation sites is 2. The highest BCUT2D eigenvalue weighted by molar-refractivity contribution is 6.14. The van der Waals surface area contributed by atoms with E-state index in [2.05, 4.69) is 144 Å². The molecule has 0 saturated carbocycles. The lowest BCUT2D eigenvalue weighted by molar-refractivity contribution is 0.669. The minimum Gasteiger partial charge on any atom is -0.456 e. The van der Waals surface area contributed by atoms with Gasteiger partial charge in [-0.25, -0.2) is 9.97 Å². The number of fused-ring (bicyclic) bond motifs is 7. The van der Waals surface area contributed by atoms with Crippen LogP contribution in [0, 0.1) is 0 Å². The van der Waals surface area contributed by atoms with Crippen molar-refractivity contribution in [2.45, 2.75) is 0 Å². The van der Waals surface area contributed by atoms with E-state index in [1.54, 1.807) is 0 Å². The van der Waals surface area contributed by atoms with Gasteiger partial charge in [0.05, 0.1) is 22.4 Å². The second-order valence-corrected chi connectivity index (χ2v) is 13.8. The molecule has 3 aromatic heterocycles. The molecule has 11 aromatic rings. The Morgan fingerprint density at radius 2 is 1.00 bits per heavy atom. The predicted molar refractivity (Wildman–Crippen MR) is 223 cm³/mol. The number of nitrogens with zero attached hydrogens (tertiary/aromatic N) is 3. The molecule has 54 heavy (non-hydrogen) atoms. The molecule has 0 amide bonds. The molecule has 0 aliphatic carbocycles.